The molecule has 3 aliphatic heterocycles. The van der Waals surface area contributed by atoms with Crippen LogP contribution < -0.4 is 0 Å². The Hall–Kier alpha value is -0.0300. The highest BCUT2D eigenvalue weighted by Gasteiger charge is 2.52. The van der Waals surface area contributed by atoms with Crippen molar-refractivity contribution in [1.29, 1.82) is 0 Å². The quantitative estimate of drug-likeness (QED) is 0.811. The van der Waals surface area contributed by atoms with E-state index in [-0.39, 0.29) is 5.41 Å². The smallest absolute Gasteiger partial charge is 0.245 e. The third kappa shape index (κ3) is 2.60. The molecule has 0 aromatic heterocycles. The van der Waals surface area contributed by atoms with Crippen LogP contribution in [0.25, 0.3) is 0 Å². The van der Waals surface area contributed by atoms with E-state index in [4.69, 9.17) is 9.47 Å². The van der Waals surface area contributed by atoms with Gasteiger partial charge in [-0.3, -0.25) is 0 Å². The Morgan fingerprint density at radius 3 is 2.32 bits per heavy atom. The molecule has 0 N–H and O–H groups in total. The largest absolute Gasteiger partial charge is 0.337 e. The van der Waals surface area contributed by atoms with Crippen LogP contribution in [-0.2, 0) is 14.6 Å². The van der Waals surface area contributed by atoms with Crippen molar-refractivity contribution in [2.24, 2.45) is 11.3 Å². The summed E-state index contributed by atoms with van der Waals surface area (Å²) >= 11 is 5.27. The van der Waals surface area contributed by atoms with Gasteiger partial charge in [-0.1, -0.05) is 53.7 Å². The van der Waals surface area contributed by atoms with Crippen molar-refractivity contribution in [2.45, 2.75) is 25.4 Å². The summed E-state index contributed by atoms with van der Waals surface area (Å²) < 4.78 is 13.3. The molecular formula is C15H19BrO2S. The van der Waals surface area contributed by atoms with Gasteiger partial charge in [-0.05, 0) is 24.5 Å². The number of hydrogen-bond acceptors (Lipinski definition) is 3. The molecule has 4 rings (SSSR count). The fourth-order valence-electron chi connectivity index (χ4n) is 2.94. The third-order valence-electron chi connectivity index (χ3n) is 3.74. The summed E-state index contributed by atoms with van der Waals surface area (Å²) in [5.74, 6) is 1.81. The minimum absolute atomic E-state index is 0.218. The maximum atomic E-state index is 6.12. The minimum atomic E-state index is -0.570. The molecule has 19 heavy (non-hydrogen) atoms. The fourth-order valence-corrected chi connectivity index (χ4v) is 4.57. The SMILES string of the molecule is CC(C)CC12COC(c3ccc(Br)cc3)(OC1)SC2. The van der Waals surface area contributed by atoms with Crippen LogP contribution in [0.1, 0.15) is 25.8 Å². The maximum absolute atomic E-state index is 6.12. The average Bonchev–Trinajstić information content (AvgIpc) is 2.40. The minimum Gasteiger partial charge on any atom is -0.337 e. The first-order valence-electron chi connectivity index (χ1n) is 6.72. The molecule has 0 saturated carbocycles. The van der Waals surface area contributed by atoms with Gasteiger partial charge in [-0.25, -0.2) is 0 Å². The average molecular weight is 343 g/mol. The molecule has 1 aromatic rings. The highest BCUT2D eigenvalue weighted by Crippen LogP contribution is 2.54. The van der Waals surface area contributed by atoms with Crippen LogP contribution in [0.3, 0.4) is 0 Å². The molecule has 3 heterocycles. The van der Waals surface area contributed by atoms with Crippen LogP contribution >= 0.6 is 27.7 Å². The number of hydrogen-bond donors (Lipinski definition) is 0. The molecule has 3 saturated heterocycles. The molecule has 3 fully saturated rings. The first kappa shape index (κ1) is 13.9. The zero-order valence-electron chi connectivity index (χ0n) is 11.3. The molecule has 0 radical (unpaired) electrons. The number of rotatable bonds is 3. The van der Waals surface area contributed by atoms with Crippen molar-refractivity contribution >= 4 is 27.7 Å². The fraction of sp³-hybridized carbons (Fsp3) is 0.600. The highest BCUT2D eigenvalue weighted by atomic mass is 79.9. The van der Waals surface area contributed by atoms with Gasteiger partial charge in [0.15, 0.2) is 0 Å². The molecule has 0 unspecified atom stereocenters. The lowest BCUT2D eigenvalue weighted by molar-refractivity contribution is -0.267. The van der Waals surface area contributed by atoms with Crippen molar-refractivity contribution in [3.8, 4) is 0 Å². The summed E-state index contributed by atoms with van der Waals surface area (Å²) in [4.78, 5) is 0. The standard InChI is InChI=1S/C15H19BrO2S/c1-11(2)7-14-8-17-15(18-9-14,19-10-14)12-3-5-13(16)6-4-12/h3-6,11H,7-10H2,1-2H3. The molecule has 2 nitrogen and oxygen atoms in total. The van der Waals surface area contributed by atoms with Crippen molar-refractivity contribution < 1.29 is 9.47 Å². The summed E-state index contributed by atoms with van der Waals surface area (Å²) in [6.07, 6.45) is 1.18. The second-order valence-electron chi connectivity index (χ2n) is 6.03. The molecule has 0 atom stereocenters. The summed E-state index contributed by atoms with van der Waals surface area (Å²) in [5, 5.41) is -0.570. The Bertz CT molecular complexity index is 433. The van der Waals surface area contributed by atoms with Crippen LogP contribution in [0.15, 0.2) is 28.7 Å². The number of benzene rings is 1. The van der Waals surface area contributed by atoms with Gasteiger partial charge in [-0.15, -0.1) is 0 Å². The van der Waals surface area contributed by atoms with E-state index < -0.39 is 5.12 Å². The summed E-state index contributed by atoms with van der Waals surface area (Å²) in [7, 11) is 0. The summed E-state index contributed by atoms with van der Waals surface area (Å²) in [6.45, 7) is 6.16. The first-order valence-corrected chi connectivity index (χ1v) is 8.49. The van der Waals surface area contributed by atoms with Crippen LogP contribution in [0.2, 0.25) is 0 Å². The molecule has 4 heteroatoms. The monoisotopic (exact) mass is 342 g/mol. The Morgan fingerprint density at radius 1 is 1.21 bits per heavy atom. The maximum Gasteiger partial charge on any atom is 0.245 e. The van der Waals surface area contributed by atoms with E-state index in [1.807, 2.05) is 12.1 Å². The predicted molar refractivity (Wildman–Crippen MR) is 82.1 cm³/mol. The number of fused-ring (bicyclic) bond motifs is 3. The molecule has 3 aliphatic rings. The van der Waals surface area contributed by atoms with Gasteiger partial charge in [0, 0.05) is 21.2 Å². The first-order chi connectivity index (χ1) is 9.04. The van der Waals surface area contributed by atoms with Gasteiger partial charge in [0.1, 0.15) is 0 Å². The van der Waals surface area contributed by atoms with Crippen LogP contribution in [0.4, 0.5) is 0 Å². The lowest BCUT2D eigenvalue weighted by atomic mass is 9.82. The van der Waals surface area contributed by atoms with Crippen LogP contribution in [-0.4, -0.2) is 19.0 Å². The molecule has 1 aromatic carbocycles. The van der Waals surface area contributed by atoms with Gasteiger partial charge >= 0.3 is 0 Å². The van der Waals surface area contributed by atoms with Gasteiger partial charge in [0.2, 0.25) is 5.12 Å². The normalized spacial score (nSPS) is 33.9. The molecule has 0 amide bonds. The number of ether oxygens (including phenoxy) is 2. The molecule has 104 valence electrons. The second kappa shape index (κ2) is 5.06. The van der Waals surface area contributed by atoms with Crippen LogP contribution in [0.5, 0.6) is 0 Å². The van der Waals surface area contributed by atoms with Crippen molar-refractivity contribution in [3.63, 3.8) is 0 Å². The molecule has 2 bridgehead atoms. The Kier molecular flexibility index (Phi) is 3.71. The zero-order valence-corrected chi connectivity index (χ0v) is 13.7. The Balaban J connectivity index is 1.79. The topological polar surface area (TPSA) is 18.5 Å². The van der Waals surface area contributed by atoms with Gasteiger partial charge < -0.3 is 9.47 Å². The van der Waals surface area contributed by atoms with Crippen molar-refractivity contribution in [1.82, 2.24) is 0 Å². The van der Waals surface area contributed by atoms with E-state index in [1.54, 1.807) is 11.8 Å². The Labute approximate surface area is 127 Å². The van der Waals surface area contributed by atoms with Gasteiger partial charge in [0.25, 0.3) is 0 Å². The van der Waals surface area contributed by atoms with E-state index >= 15 is 0 Å². The number of halogens is 1. The molecule has 0 spiro atoms. The van der Waals surface area contributed by atoms with Gasteiger partial charge in [0.05, 0.1) is 13.2 Å². The van der Waals surface area contributed by atoms with E-state index in [2.05, 4.69) is 41.9 Å². The number of thioether (sulfide) groups is 1. The molecular weight excluding hydrogens is 324 g/mol. The lowest BCUT2D eigenvalue weighted by Gasteiger charge is -2.52. The molecule has 0 aliphatic carbocycles. The van der Waals surface area contributed by atoms with E-state index in [0.717, 1.165) is 29.0 Å². The van der Waals surface area contributed by atoms with Crippen molar-refractivity contribution in [3.05, 3.63) is 34.3 Å². The summed E-state index contributed by atoms with van der Waals surface area (Å²) in [6, 6.07) is 8.25. The highest BCUT2D eigenvalue weighted by molar-refractivity contribution is 9.10. The Morgan fingerprint density at radius 2 is 1.84 bits per heavy atom. The second-order valence-corrected chi connectivity index (χ2v) is 8.06. The van der Waals surface area contributed by atoms with Crippen molar-refractivity contribution in [2.75, 3.05) is 19.0 Å². The van der Waals surface area contributed by atoms with E-state index in [9.17, 15) is 0 Å². The lowest BCUT2D eigenvalue weighted by Crippen LogP contribution is -2.53. The zero-order chi connectivity index (χ0) is 13.5. The van der Waals surface area contributed by atoms with E-state index in [1.165, 1.54) is 6.42 Å². The van der Waals surface area contributed by atoms with E-state index in [0.29, 0.717) is 5.92 Å². The van der Waals surface area contributed by atoms with Crippen LogP contribution in [0, 0.1) is 11.3 Å². The predicted octanol–water partition coefficient (Wildman–Crippen LogP) is 4.39. The summed E-state index contributed by atoms with van der Waals surface area (Å²) in [5.41, 5.74) is 1.33. The van der Waals surface area contributed by atoms with Gasteiger partial charge in [-0.2, -0.15) is 0 Å². The third-order valence-corrected chi connectivity index (χ3v) is 5.88.